The monoisotopic (exact) mass is 449 g/mol. The summed E-state index contributed by atoms with van der Waals surface area (Å²) in [4.78, 5) is 4.16. The Morgan fingerprint density at radius 2 is 1.77 bits per heavy atom. The number of rotatable bonds is 4. The Bertz CT molecular complexity index is 1160. The molecule has 1 atom stereocenters. The Hall–Kier alpha value is -3.24. The molecule has 2 N–H and O–H groups in total. The number of hydrazone groups is 1. The van der Waals surface area contributed by atoms with Gasteiger partial charge in [0.2, 0.25) is 5.13 Å². The zero-order chi connectivity index (χ0) is 22.2. The summed E-state index contributed by atoms with van der Waals surface area (Å²) < 4.78 is 54.4. The van der Waals surface area contributed by atoms with E-state index in [0.29, 0.717) is 21.8 Å². The molecule has 0 amide bonds. The van der Waals surface area contributed by atoms with Gasteiger partial charge in [0.1, 0.15) is 11.6 Å². The molecule has 4 rings (SSSR count). The number of para-hydroxylation sites is 1. The lowest BCUT2D eigenvalue weighted by atomic mass is 10.1. The number of halogens is 4. The van der Waals surface area contributed by atoms with Gasteiger partial charge in [-0.1, -0.05) is 18.2 Å². The minimum Gasteiger partial charge on any atom is -0.507 e. The van der Waals surface area contributed by atoms with Crippen LogP contribution in [-0.2, 0) is 0 Å². The number of nitrogens with zero attached hydrogens (tertiary/aromatic N) is 3. The molecule has 0 fully saturated rings. The first kappa shape index (κ1) is 21.0. The Morgan fingerprint density at radius 3 is 2.45 bits per heavy atom. The van der Waals surface area contributed by atoms with Crippen molar-refractivity contribution in [3.63, 3.8) is 0 Å². The van der Waals surface area contributed by atoms with Crippen molar-refractivity contribution in [2.75, 3.05) is 5.01 Å². The summed E-state index contributed by atoms with van der Waals surface area (Å²) in [6.45, 7) is 0. The summed E-state index contributed by atoms with van der Waals surface area (Å²) in [5.74, 6) is -0.486. The Kier molecular flexibility index (Phi) is 5.28. The lowest BCUT2D eigenvalue weighted by molar-refractivity contribution is -0.254. The van der Waals surface area contributed by atoms with E-state index in [1.807, 2.05) is 0 Å². The van der Waals surface area contributed by atoms with Crippen molar-refractivity contribution in [3.05, 3.63) is 71.4 Å². The summed E-state index contributed by atoms with van der Waals surface area (Å²) in [7, 11) is 0. The molecule has 31 heavy (non-hydrogen) atoms. The van der Waals surface area contributed by atoms with Gasteiger partial charge < -0.3 is 10.2 Å². The van der Waals surface area contributed by atoms with E-state index in [2.05, 4.69) is 10.1 Å². The number of hydrogen-bond acceptors (Lipinski definition) is 6. The number of anilines is 1. The van der Waals surface area contributed by atoms with Gasteiger partial charge in [-0.15, -0.1) is 11.3 Å². The van der Waals surface area contributed by atoms with Gasteiger partial charge in [-0.25, -0.2) is 9.37 Å². The first-order chi connectivity index (χ1) is 14.7. The van der Waals surface area contributed by atoms with E-state index in [4.69, 9.17) is 0 Å². The predicted octanol–water partition coefficient (Wildman–Crippen LogP) is 5.19. The van der Waals surface area contributed by atoms with E-state index in [1.165, 1.54) is 47.9 Å². The highest BCUT2D eigenvalue weighted by atomic mass is 32.1. The average molecular weight is 449 g/mol. The maximum Gasteiger partial charge on any atom is 0.438 e. The Morgan fingerprint density at radius 1 is 1.06 bits per heavy atom. The molecule has 10 heteroatoms. The van der Waals surface area contributed by atoms with Gasteiger partial charge in [0.15, 0.2) is 0 Å². The van der Waals surface area contributed by atoms with E-state index in [1.54, 1.807) is 18.2 Å². The number of benzene rings is 2. The first-order valence-electron chi connectivity index (χ1n) is 9.02. The number of allylic oxidation sites excluding steroid dienone is 1. The van der Waals surface area contributed by atoms with Crippen LogP contribution in [0.15, 0.2) is 65.1 Å². The normalized spacial score (nSPS) is 19.3. The highest BCUT2D eigenvalue weighted by Crippen LogP contribution is 2.44. The number of aliphatic hydroxyl groups is 1. The van der Waals surface area contributed by atoms with E-state index in [9.17, 15) is 27.8 Å². The zero-order valence-electron chi connectivity index (χ0n) is 15.7. The third-order valence-corrected chi connectivity index (χ3v) is 5.48. The van der Waals surface area contributed by atoms with E-state index >= 15 is 0 Å². The van der Waals surface area contributed by atoms with E-state index < -0.39 is 24.1 Å². The van der Waals surface area contributed by atoms with Crippen molar-refractivity contribution in [1.29, 1.82) is 0 Å². The second kappa shape index (κ2) is 7.78. The van der Waals surface area contributed by atoms with Crippen LogP contribution in [0, 0.1) is 5.82 Å². The molecule has 1 aromatic heterocycles. The molecule has 3 aromatic rings. The van der Waals surface area contributed by atoms with Gasteiger partial charge in [0.05, 0.1) is 17.8 Å². The number of phenols is 1. The third kappa shape index (κ3) is 4.04. The fraction of sp³-hybridized carbons (Fsp3) is 0.143. The Labute approximate surface area is 178 Å². The quantitative estimate of drug-likeness (QED) is 0.539. The molecule has 0 saturated carbocycles. The Balaban J connectivity index is 1.68. The standard InChI is InChI=1S/C21H15F4N3O2S/c22-15-8-5-13(6-9-15)17-12-31-19(26-17)28-20(30,21(23,24)25)11-16(27-28)10-7-14-3-1-2-4-18(14)29/h1-10,12,29-30H,11H2/b10-7+/t20-/m0/s1. The molecule has 5 nitrogen and oxygen atoms in total. The summed E-state index contributed by atoms with van der Waals surface area (Å²) in [5.41, 5.74) is -2.07. The molecule has 0 bridgehead atoms. The second-order valence-corrected chi connectivity index (χ2v) is 7.65. The van der Waals surface area contributed by atoms with Gasteiger partial charge in [0, 0.05) is 16.5 Å². The number of aromatic nitrogens is 1. The van der Waals surface area contributed by atoms with Gasteiger partial charge in [-0.05, 0) is 42.5 Å². The van der Waals surface area contributed by atoms with Crippen LogP contribution in [0.2, 0.25) is 0 Å². The predicted molar refractivity (Wildman–Crippen MR) is 110 cm³/mol. The molecular weight excluding hydrogens is 434 g/mol. The molecule has 0 unspecified atom stereocenters. The number of phenolic OH excluding ortho intramolecular Hbond substituents is 1. The van der Waals surface area contributed by atoms with Crippen LogP contribution in [0.5, 0.6) is 5.75 Å². The molecule has 0 spiro atoms. The maximum atomic E-state index is 13.8. The highest BCUT2D eigenvalue weighted by Gasteiger charge is 2.62. The van der Waals surface area contributed by atoms with Crippen LogP contribution in [0.3, 0.4) is 0 Å². The van der Waals surface area contributed by atoms with Crippen molar-refractivity contribution >= 4 is 28.3 Å². The van der Waals surface area contributed by atoms with Gasteiger partial charge >= 0.3 is 6.18 Å². The van der Waals surface area contributed by atoms with Crippen molar-refractivity contribution in [1.82, 2.24) is 4.98 Å². The number of alkyl halides is 3. The number of hydrogen-bond donors (Lipinski definition) is 2. The average Bonchev–Trinajstić information content (AvgIpc) is 3.33. The highest BCUT2D eigenvalue weighted by molar-refractivity contribution is 7.14. The first-order valence-corrected chi connectivity index (χ1v) is 9.90. The molecule has 0 radical (unpaired) electrons. The van der Waals surface area contributed by atoms with Crippen molar-refractivity contribution in [3.8, 4) is 17.0 Å². The van der Waals surface area contributed by atoms with Crippen LogP contribution < -0.4 is 5.01 Å². The fourth-order valence-corrected chi connectivity index (χ4v) is 3.87. The minimum absolute atomic E-state index is 0.0378. The van der Waals surface area contributed by atoms with Crippen LogP contribution >= 0.6 is 11.3 Å². The van der Waals surface area contributed by atoms with Crippen LogP contribution in [-0.4, -0.2) is 32.8 Å². The van der Waals surface area contributed by atoms with Gasteiger partial charge in [-0.3, -0.25) is 0 Å². The maximum absolute atomic E-state index is 13.8. The zero-order valence-corrected chi connectivity index (χ0v) is 16.5. The molecule has 2 aromatic carbocycles. The molecule has 0 saturated heterocycles. The second-order valence-electron chi connectivity index (χ2n) is 6.81. The topological polar surface area (TPSA) is 69.0 Å². The van der Waals surface area contributed by atoms with Crippen molar-refractivity contribution in [2.24, 2.45) is 5.10 Å². The SMILES string of the molecule is Oc1ccccc1/C=C/C1=NN(c2nc(-c3ccc(F)cc3)cs2)[C@@](O)(C(F)(F)F)C1. The number of aromatic hydroxyl groups is 1. The molecule has 1 aliphatic heterocycles. The minimum atomic E-state index is -5.01. The molecule has 1 aliphatic rings. The lowest BCUT2D eigenvalue weighted by Crippen LogP contribution is -2.55. The van der Waals surface area contributed by atoms with E-state index in [0.717, 1.165) is 11.3 Å². The summed E-state index contributed by atoms with van der Waals surface area (Å²) in [5, 5.41) is 26.1. The van der Waals surface area contributed by atoms with Gasteiger partial charge in [-0.2, -0.15) is 23.3 Å². The van der Waals surface area contributed by atoms with E-state index in [-0.39, 0.29) is 16.6 Å². The van der Waals surface area contributed by atoms with Crippen LogP contribution in [0.25, 0.3) is 17.3 Å². The molecule has 160 valence electrons. The van der Waals surface area contributed by atoms with Crippen LogP contribution in [0.4, 0.5) is 22.7 Å². The smallest absolute Gasteiger partial charge is 0.438 e. The van der Waals surface area contributed by atoms with Gasteiger partial charge in [0.25, 0.3) is 5.72 Å². The summed E-state index contributed by atoms with van der Waals surface area (Å²) in [6.07, 6.45) is -3.10. The molecular formula is C21H15F4N3O2S. The summed E-state index contributed by atoms with van der Waals surface area (Å²) in [6, 6.07) is 11.7. The van der Waals surface area contributed by atoms with Crippen LogP contribution in [0.1, 0.15) is 12.0 Å². The third-order valence-electron chi connectivity index (χ3n) is 4.67. The van der Waals surface area contributed by atoms with Crippen molar-refractivity contribution in [2.45, 2.75) is 18.3 Å². The van der Waals surface area contributed by atoms with Crippen molar-refractivity contribution < 1.29 is 27.8 Å². The molecule has 0 aliphatic carbocycles. The fourth-order valence-electron chi connectivity index (χ4n) is 3.02. The molecule has 2 heterocycles. The number of thiazole rings is 1. The summed E-state index contributed by atoms with van der Waals surface area (Å²) >= 11 is 0.873. The largest absolute Gasteiger partial charge is 0.507 e. The lowest BCUT2D eigenvalue weighted by Gasteiger charge is -2.32.